The summed E-state index contributed by atoms with van der Waals surface area (Å²) < 4.78 is 5.06. The molecule has 0 radical (unpaired) electrons. The van der Waals surface area contributed by atoms with E-state index >= 15 is 0 Å². The fraction of sp³-hybridized carbons (Fsp3) is 0.400. The third-order valence-corrected chi connectivity index (χ3v) is 4.58. The van der Waals surface area contributed by atoms with Crippen LogP contribution in [0.4, 0.5) is 17.3 Å². The molecule has 0 spiro atoms. The van der Waals surface area contributed by atoms with Crippen LogP contribution in [0.15, 0.2) is 36.7 Å². The van der Waals surface area contributed by atoms with Crippen molar-refractivity contribution in [2.75, 3.05) is 48.4 Å². The summed E-state index contributed by atoms with van der Waals surface area (Å²) in [6, 6.07) is 7.67. The summed E-state index contributed by atoms with van der Waals surface area (Å²) in [5.41, 5.74) is 2.87. The van der Waals surface area contributed by atoms with Crippen molar-refractivity contribution in [1.29, 1.82) is 0 Å². The van der Waals surface area contributed by atoms with Crippen molar-refractivity contribution < 1.29 is 14.3 Å². The Hall–Kier alpha value is -3.16. The lowest BCUT2D eigenvalue weighted by Crippen LogP contribution is -2.30. The van der Waals surface area contributed by atoms with Crippen molar-refractivity contribution in [3.8, 4) is 0 Å². The number of anilines is 3. The second-order valence-electron chi connectivity index (χ2n) is 6.81. The maximum Gasteiger partial charge on any atom is 0.326 e. The molecule has 0 bridgehead atoms. The molecule has 0 aliphatic carbocycles. The Kier molecular flexibility index (Phi) is 6.41. The van der Waals surface area contributed by atoms with Crippen molar-refractivity contribution >= 4 is 29.2 Å². The van der Waals surface area contributed by atoms with Crippen LogP contribution in [-0.2, 0) is 14.3 Å². The maximum atomic E-state index is 12.1. The summed E-state index contributed by atoms with van der Waals surface area (Å²) in [6.07, 6.45) is 5.62. The lowest BCUT2D eigenvalue weighted by Gasteiger charge is -2.19. The van der Waals surface area contributed by atoms with Crippen LogP contribution in [0, 0.1) is 6.92 Å². The summed E-state index contributed by atoms with van der Waals surface area (Å²) in [7, 11) is 1.68. The van der Waals surface area contributed by atoms with E-state index in [-0.39, 0.29) is 19.1 Å². The van der Waals surface area contributed by atoms with Gasteiger partial charge in [-0.2, -0.15) is 0 Å². The Morgan fingerprint density at radius 1 is 1.21 bits per heavy atom. The topological polar surface area (TPSA) is 87.7 Å². The number of carbonyl (C=O) groups is 2. The molecule has 28 heavy (non-hydrogen) atoms. The van der Waals surface area contributed by atoms with E-state index in [1.54, 1.807) is 30.4 Å². The van der Waals surface area contributed by atoms with Crippen LogP contribution in [0.3, 0.4) is 0 Å². The lowest BCUT2D eigenvalue weighted by molar-refractivity contribution is -0.145. The molecule has 0 atom stereocenters. The van der Waals surface area contributed by atoms with Crippen LogP contribution in [0.5, 0.6) is 0 Å². The first-order chi connectivity index (χ1) is 13.5. The van der Waals surface area contributed by atoms with Gasteiger partial charge in [-0.15, -0.1) is 0 Å². The molecular weight excluding hydrogens is 358 g/mol. The zero-order valence-corrected chi connectivity index (χ0v) is 16.2. The minimum absolute atomic E-state index is 0.0408. The second kappa shape index (κ2) is 9.16. The summed E-state index contributed by atoms with van der Waals surface area (Å²) in [5.74, 6) is -0.479. The average Bonchev–Trinajstić information content (AvgIpc) is 3.23. The van der Waals surface area contributed by atoms with Gasteiger partial charge in [0.25, 0.3) is 5.91 Å². The predicted molar refractivity (Wildman–Crippen MR) is 108 cm³/mol. The quantitative estimate of drug-likeness (QED) is 0.732. The smallest absolute Gasteiger partial charge is 0.326 e. The van der Waals surface area contributed by atoms with Gasteiger partial charge in [0.15, 0.2) is 6.61 Å². The number of nitrogens with one attached hydrogen (secondary N) is 1. The summed E-state index contributed by atoms with van der Waals surface area (Å²) in [5, 5.41) is 2.80. The van der Waals surface area contributed by atoms with Crippen LogP contribution < -0.4 is 15.1 Å². The molecular formula is C20H25N5O3. The number of benzene rings is 1. The van der Waals surface area contributed by atoms with Crippen molar-refractivity contribution in [2.24, 2.45) is 0 Å². The number of esters is 1. The van der Waals surface area contributed by atoms with Crippen LogP contribution >= 0.6 is 0 Å². The zero-order chi connectivity index (χ0) is 19.9. The highest BCUT2D eigenvalue weighted by Gasteiger charge is 2.15. The highest BCUT2D eigenvalue weighted by molar-refractivity contribution is 5.94. The number of amides is 1. The normalized spacial score (nSPS) is 13.3. The van der Waals surface area contributed by atoms with Crippen molar-refractivity contribution in [1.82, 2.24) is 9.97 Å². The molecule has 1 aromatic heterocycles. The fourth-order valence-electron chi connectivity index (χ4n) is 3.09. The summed E-state index contributed by atoms with van der Waals surface area (Å²) in [6.45, 7) is 3.72. The Morgan fingerprint density at radius 3 is 2.61 bits per heavy atom. The van der Waals surface area contributed by atoms with E-state index < -0.39 is 5.97 Å². The van der Waals surface area contributed by atoms with E-state index in [2.05, 4.69) is 26.3 Å². The summed E-state index contributed by atoms with van der Waals surface area (Å²) >= 11 is 0. The van der Waals surface area contributed by atoms with E-state index in [1.165, 1.54) is 18.5 Å². The average molecular weight is 383 g/mol. The molecule has 1 amide bonds. The Balaban J connectivity index is 1.46. The molecule has 2 heterocycles. The fourth-order valence-corrected chi connectivity index (χ4v) is 3.09. The van der Waals surface area contributed by atoms with E-state index in [9.17, 15) is 9.59 Å². The largest absolute Gasteiger partial charge is 0.454 e. The van der Waals surface area contributed by atoms with Crippen LogP contribution in [-0.4, -0.2) is 55.1 Å². The molecule has 1 aliphatic rings. The molecule has 148 valence electrons. The van der Waals surface area contributed by atoms with Gasteiger partial charge in [0.1, 0.15) is 6.54 Å². The van der Waals surface area contributed by atoms with Gasteiger partial charge in [0.05, 0.1) is 0 Å². The molecule has 0 saturated carbocycles. The van der Waals surface area contributed by atoms with Crippen LogP contribution in [0.1, 0.15) is 18.4 Å². The monoisotopic (exact) mass is 383 g/mol. The SMILES string of the molecule is Cc1cc(N2CCCC2)ccc1NC(=O)COC(=O)CN(C)c1ncccn1. The molecule has 1 N–H and O–H groups in total. The number of carbonyl (C=O) groups excluding carboxylic acids is 2. The molecule has 1 fully saturated rings. The first-order valence-corrected chi connectivity index (χ1v) is 9.32. The highest BCUT2D eigenvalue weighted by atomic mass is 16.5. The molecule has 1 aliphatic heterocycles. The number of aromatic nitrogens is 2. The first kappa shape index (κ1) is 19.6. The van der Waals surface area contributed by atoms with Crippen molar-refractivity contribution in [2.45, 2.75) is 19.8 Å². The van der Waals surface area contributed by atoms with Crippen LogP contribution in [0.25, 0.3) is 0 Å². The number of likely N-dealkylation sites (N-methyl/N-ethyl adjacent to an activating group) is 1. The van der Waals surface area contributed by atoms with Gasteiger partial charge in [0, 0.05) is 43.9 Å². The molecule has 1 aromatic carbocycles. The summed E-state index contributed by atoms with van der Waals surface area (Å²) in [4.78, 5) is 36.1. The van der Waals surface area contributed by atoms with Gasteiger partial charge in [-0.1, -0.05) is 0 Å². The number of hydrogen-bond donors (Lipinski definition) is 1. The third-order valence-electron chi connectivity index (χ3n) is 4.58. The first-order valence-electron chi connectivity index (χ1n) is 9.32. The van der Waals surface area contributed by atoms with E-state index in [4.69, 9.17) is 4.74 Å². The van der Waals surface area contributed by atoms with Crippen molar-refractivity contribution in [3.05, 3.63) is 42.2 Å². The highest BCUT2D eigenvalue weighted by Crippen LogP contribution is 2.25. The number of nitrogens with zero attached hydrogens (tertiary/aromatic N) is 4. The molecule has 3 rings (SSSR count). The van der Waals surface area contributed by atoms with Gasteiger partial charge in [0.2, 0.25) is 5.95 Å². The molecule has 2 aromatic rings. The molecule has 0 unspecified atom stereocenters. The van der Waals surface area contributed by atoms with E-state index in [0.29, 0.717) is 5.95 Å². The standard InChI is InChI=1S/C20H25N5O3/c1-15-12-16(25-10-3-4-11-25)6-7-17(15)23-18(26)14-28-19(27)13-24(2)20-21-8-5-9-22-20/h5-9,12H,3-4,10-11,13-14H2,1-2H3,(H,23,26). The lowest BCUT2D eigenvalue weighted by atomic mass is 10.1. The Bertz CT molecular complexity index is 822. The van der Waals surface area contributed by atoms with Gasteiger partial charge in [-0.25, -0.2) is 9.97 Å². The Labute approximate surface area is 164 Å². The number of aryl methyl sites for hydroxylation is 1. The van der Waals surface area contributed by atoms with Gasteiger partial charge in [-0.3, -0.25) is 9.59 Å². The maximum absolute atomic E-state index is 12.1. The molecule has 1 saturated heterocycles. The number of rotatable bonds is 7. The third kappa shape index (κ3) is 5.18. The minimum Gasteiger partial charge on any atom is -0.454 e. The van der Waals surface area contributed by atoms with E-state index in [0.717, 1.165) is 24.3 Å². The predicted octanol–water partition coefficient (Wildman–Crippen LogP) is 2.00. The van der Waals surface area contributed by atoms with Gasteiger partial charge < -0.3 is 19.9 Å². The minimum atomic E-state index is -0.522. The number of hydrogen-bond acceptors (Lipinski definition) is 7. The van der Waals surface area contributed by atoms with Crippen LogP contribution in [0.2, 0.25) is 0 Å². The van der Waals surface area contributed by atoms with Gasteiger partial charge in [-0.05, 0) is 49.6 Å². The molecule has 8 heteroatoms. The van der Waals surface area contributed by atoms with Gasteiger partial charge >= 0.3 is 5.97 Å². The van der Waals surface area contributed by atoms with E-state index in [1.807, 2.05) is 19.1 Å². The number of ether oxygens (including phenoxy) is 1. The Morgan fingerprint density at radius 2 is 1.93 bits per heavy atom. The second-order valence-corrected chi connectivity index (χ2v) is 6.81. The molecule has 8 nitrogen and oxygen atoms in total. The van der Waals surface area contributed by atoms with Crippen molar-refractivity contribution in [3.63, 3.8) is 0 Å². The zero-order valence-electron chi connectivity index (χ0n) is 16.2.